The zero-order valence-electron chi connectivity index (χ0n) is 13.3. The first-order chi connectivity index (χ1) is 10.8. The molecule has 0 bridgehead atoms. The Kier molecular flexibility index (Phi) is 4.01. The van der Waals surface area contributed by atoms with Crippen molar-refractivity contribution in [2.75, 3.05) is 31.5 Å². The molecule has 5 heteroatoms. The second-order valence-electron chi connectivity index (χ2n) is 7.21. The lowest BCUT2D eigenvalue weighted by Gasteiger charge is -2.32. The number of rotatable bonds is 6. The van der Waals surface area contributed by atoms with E-state index in [2.05, 4.69) is 16.3 Å². The molecule has 1 saturated heterocycles. The zero-order valence-corrected chi connectivity index (χ0v) is 13.3. The Morgan fingerprint density at radius 2 is 1.91 bits per heavy atom. The minimum absolute atomic E-state index is 0.371. The molecule has 22 heavy (non-hydrogen) atoms. The summed E-state index contributed by atoms with van der Waals surface area (Å²) in [6, 6.07) is 2.53. The molecule has 0 aromatic carbocycles. The highest BCUT2D eigenvalue weighted by molar-refractivity contribution is 5.39. The highest BCUT2D eigenvalue weighted by atomic mass is 15.2. The van der Waals surface area contributed by atoms with E-state index in [4.69, 9.17) is 15.7 Å². The zero-order chi connectivity index (χ0) is 14.9. The van der Waals surface area contributed by atoms with Gasteiger partial charge in [0.1, 0.15) is 11.6 Å². The molecule has 1 aliphatic heterocycles. The molecule has 0 unspecified atom stereocenters. The second-order valence-corrected chi connectivity index (χ2v) is 7.21. The Bertz CT molecular complexity index is 516. The van der Waals surface area contributed by atoms with Gasteiger partial charge in [-0.1, -0.05) is 0 Å². The van der Waals surface area contributed by atoms with Crippen molar-refractivity contribution in [2.24, 2.45) is 5.73 Å². The van der Waals surface area contributed by atoms with Gasteiger partial charge < -0.3 is 16.0 Å². The SMILES string of the molecule is NC1CC(c2cc(NCCN3CCCC3)nc(C3CC3)n2)C1. The molecule has 1 aromatic rings. The third-order valence-electron chi connectivity index (χ3n) is 5.23. The van der Waals surface area contributed by atoms with Gasteiger partial charge >= 0.3 is 0 Å². The van der Waals surface area contributed by atoms with E-state index >= 15 is 0 Å². The van der Waals surface area contributed by atoms with E-state index in [0.717, 1.165) is 37.6 Å². The molecule has 2 heterocycles. The summed E-state index contributed by atoms with van der Waals surface area (Å²) in [7, 11) is 0. The van der Waals surface area contributed by atoms with Gasteiger partial charge in [0.05, 0.1) is 0 Å². The molecule has 3 aliphatic rings. The van der Waals surface area contributed by atoms with Crippen LogP contribution in [0.1, 0.15) is 61.9 Å². The van der Waals surface area contributed by atoms with Crippen molar-refractivity contribution in [3.63, 3.8) is 0 Å². The smallest absolute Gasteiger partial charge is 0.134 e. The van der Waals surface area contributed by atoms with Crippen LogP contribution in [-0.2, 0) is 0 Å². The fraction of sp³-hybridized carbons (Fsp3) is 0.765. The predicted molar refractivity (Wildman–Crippen MR) is 88.1 cm³/mol. The van der Waals surface area contributed by atoms with Crippen molar-refractivity contribution in [2.45, 2.75) is 56.4 Å². The topological polar surface area (TPSA) is 67.1 Å². The first-order valence-corrected chi connectivity index (χ1v) is 8.88. The molecule has 4 rings (SSSR count). The molecule has 1 aromatic heterocycles. The number of hydrogen-bond donors (Lipinski definition) is 2. The minimum atomic E-state index is 0.371. The van der Waals surface area contributed by atoms with Crippen LogP contribution in [-0.4, -0.2) is 47.1 Å². The van der Waals surface area contributed by atoms with Gasteiger partial charge in [-0.05, 0) is 51.6 Å². The quantitative estimate of drug-likeness (QED) is 0.842. The van der Waals surface area contributed by atoms with Crippen LogP contribution in [0, 0.1) is 0 Å². The van der Waals surface area contributed by atoms with Gasteiger partial charge in [-0.2, -0.15) is 0 Å². The number of hydrogen-bond acceptors (Lipinski definition) is 5. The summed E-state index contributed by atoms with van der Waals surface area (Å²) in [6.07, 6.45) is 7.36. The summed E-state index contributed by atoms with van der Waals surface area (Å²) in [5, 5.41) is 3.53. The summed E-state index contributed by atoms with van der Waals surface area (Å²) in [6.45, 7) is 4.60. The maximum Gasteiger partial charge on any atom is 0.134 e. The van der Waals surface area contributed by atoms with Gasteiger partial charge in [-0.3, -0.25) is 0 Å². The minimum Gasteiger partial charge on any atom is -0.369 e. The van der Waals surface area contributed by atoms with Crippen LogP contribution >= 0.6 is 0 Å². The van der Waals surface area contributed by atoms with E-state index < -0.39 is 0 Å². The van der Waals surface area contributed by atoms with Crippen LogP contribution in [0.4, 0.5) is 5.82 Å². The van der Waals surface area contributed by atoms with Crippen LogP contribution < -0.4 is 11.1 Å². The van der Waals surface area contributed by atoms with Gasteiger partial charge in [0, 0.05) is 42.7 Å². The molecule has 3 N–H and O–H groups in total. The third kappa shape index (κ3) is 3.25. The van der Waals surface area contributed by atoms with Gasteiger partial charge in [-0.15, -0.1) is 0 Å². The lowest BCUT2D eigenvalue weighted by Crippen LogP contribution is -2.35. The number of nitrogens with one attached hydrogen (secondary N) is 1. The molecule has 3 fully saturated rings. The van der Waals surface area contributed by atoms with Gasteiger partial charge in [0.15, 0.2) is 0 Å². The van der Waals surface area contributed by atoms with E-state index in [9.17, 15) is 0 Å². The van der Waals surface area contributed by atoms with Crippen LogP contribution in [0.2, 0.25) is 0 Å². The summed E-state index contributed by atoms with van der Waals surface area (Å²) >= 11 is 0. The Labute approximate surface area is 132 Å². The normalized spacial score (nSPS) is 28.6. The highest BCUT2D eigenvalue weighted by Crippen LogP contribution is 2.41. The second kappa shape index (κ2) is 6.13. The fourth-order valence-corrected chi connectivity index (χ4v) is 3.56. The van der Waals surface area contributed by atoms with Crippen molar-refractivity contribution >= 4 is 5.82 Å². The van der Waals surface area contributed by atoms with Crippen LogP contribution in [0.25, 0.3) is 0 Å². The molecular formula is C17H27N5. The molecule has 2 aliphatic carbocycles. The van der Waals surface area contributed by atoms with Gasteiger partial charge in [-0.25, -0.2) is 9.97 Å². The molecule has 0 radical (unpaired) electrons. The van der Waals surface area contributed by atoms with E-state index in [1.807, 2.05) is 0 Å². The molecule has 0 atom stereocenters. The first-order valence-electron chi connectivity index (χ1n) is 8.88. The molecule has 2 saturated carbocycles. The Hall–Kier alpha value is -1.20. The summed E-state index contributed by atoms with van der Waals surface area (Å²) in [5.74, 6) is 3.23. The average molecular weight is 301 g/mol. The number of aromatic nitrogens is 2. The van der Waals surface area contributed by atoms with Crippen molar-refractivity contribution in [3.05, 3.63) is 17.6 Å². The Balaban J connectivity index is 1.41. The number of nitrogens with two attached hydrogens (primary N) is 1. The van der Waals surface area contributed by atoms with E-state index in [1.165, 1.54) is 44.5 Å². The van der Waals surface area contributed by atoms with E-state index in [0.29, 0.717) is 17.9 Å². The van der Waals surface area contributed by atoms with E-state index in [1.54, 1.807) is 0 Å². The molecular weight excluding hydrogens is 274 g/mol. The lowest BCUT2D eigenvalue weighted by atomic mass is 9.78. The highest BCUT2D eigenvalue weighted by Gasteiger charge is 2.32. The van der Waals surface area contributed by atoms with Gasteiger partial charge in [0.25, 0.3) is 0 Å². The van der Waals surface area contributed by atoms with Crippen molar-refractivity contribution in [1.29, 1.82) is 0 Å². The molecule has 0 amide bonds. The van der Waals surface area contributed by atoms with Crippen molar-refractivity contribution in [3.8, 4) is 0 Å². The fourth-order valence-electron chi connectivity index (χ4n) is 3.56. The third-order valence-corrected chi connectivity index (χ3v) is 5.23. The summed E-state index contributed by atoms with van der Waals surface area (Å²) < 4.78 is 0. The number of likely N-dealkylation sites (tertiary alicyclic amines) is 1. The Morgan fingerprint density at radius 3 is 2.59 bits per heavy atom. The number of nitrogens with zero attached hydrogens (tertiary/aromatic N) is 3. The van der Waals surface area contributed by atoms with Gasteiger partial charge in [0.2, 0.25) is 0 Å². The average Bonchev–Trinajstić information content (AvgIpc) is 3.22. The predicted octanol–water partition coefficient (Wildman–Crippen LogP) is 2.07. The van der Waals surface area contributed by atoms with Crippen LogP contribution in [0.15, 0.2) is 6.07 Å². The van der Waals surface area contributed by atoms with E-state index in [-0.39, 0.29) is 0 Å². The van der Waals surface area contributed by atoms with Crippen LogP contribution in [0.5, 0.6) is 0 Å². The standard InChI is InChI=1S/C17H27N5/c18-14-9-13(10-14)15-11-16(21-17(20-15)12-3-4-12)19-5-8-22-6-1-2-7-22/h11-14H,1-10,18H2,(H,19,20,21). The molecule has 120 valence electrons. The maximum atomic E-state index is 5.94. The van der Waals surface area contributed by atoms with Crippen LogP contribution in [0.3, 0.4) is 0 Å². The maximum absolute atomic E-state index is 5.94. The van der Waals surface area contributed by atoms with Crippen molar-refractivity contribution in [1.82, 2.24) is 14.9 Å². The molecule has 5 nitrogen and oxygen atoms in total. The number of anilines is 1. The Morgan fingerprint density at radius 1 is 1.14 bits per heavy atom. The first kappa shape index (κ1) is 14.4. The summed E-state index contributed by atoms with van der Waals surface area (Å²) in [4.78, 5) is 12.1. The molecule has 0 spiro atoms. The lowest BCUT2D eigenvalue weighted by molar-refractivity contribution is 0.344. The summed E-state index contributed by atoms with van der Waals surface area (Å²) in [5.41, 5.74) is 7.15. The monoisotopic (exact) mass is 301 g/mol. The van der Waals surface area contributed by atoms with Crippen molar-refractivity contribution < 1.29 is 0 Å². The largest absolute Gasteiger partial charge is 0.369 e.